The smallest absolute Gasteiger partial charge is 0.0618 e. The van der Waals surface area contributed by atoms with Gasteiger partial charge in [0, 0.05) is 6.04 Å². The molecule has 0 aliphatic heterocycles. The lowest BCUT2D eigenvalue weighted by atomic mass is 10.0. The summed E-state index contributed by atoms with van der Waals surface area (Å²) < 4.78 is 0. The van der Waals surface area contributed by atoms with Gasteiger partial charge in [-0.2, -0.15) is 0 Å². The van der Waals surface area contributed by atoms with Gasteiger partial charge >= 0.3 is 0 Å². The normalized spacial score (nSPS) is 12.8. The summed E-state index contributed by atoms with van der Waals surface area (Å²) >= 11 is 0. The second kappa shape index (κ2) is 26.7. The Labute approximate surface area is 190 Å². The minimum absolute atomic E-state index is 0.0514. The summed E-state index contributed by atoms with van der Waals surface area (Å²) in [5, 5.41) is 8.84. The van der Waals surface area contributed by atoms with Crippen LogP contribution in [-0.4, -0.2) is 17.8 Å². The summed E-state index contributed by atoms with van der Waals surface area (Å²) in [6.45, 7) is 2.35. The van der Waals surface area contributed by atoms with Crippen molar-refractivity contribution in [1.82, 2.24) is 0 Å². The molecule has 180 valence electrons. The average Bonchev–Trinajstić information content (AvgIpc) is 2.76. The van der Waals surface area contributed by atoms with Gasteiger partial charge in [0.15, 0.2) is 0 Å². The molecular weight excluding hydrogens is 366 g/mol. The maximum Gasteiger partial charge on any atom is 0.0618 e. The predicted octanol–water partition coefficient (Wildman–Crippen LogP) is 8.85. The van der Waals surface area contributed by atoms with Crippen LogP contribution in [0.3, 0.4) is 0 Å². The Morgan fingerprint density at radius 1 is 0.533 bits per heavy atom. The molecule has 30 heavy (non-hydrogen) atoms. The van der Waals surface area contributed by atoms with Crippen LogP contribution >= 0.6 is 0 Å². The van der Waals surface area contributed by atoms with Crippen LogP contribution in [0, 0.1) is 0 Å². The molecule has 0 heterocycles. The fourth-order valence-electron chi connectivity index (χ4n) is 4.20. The number of aliphatic hydroxyl groups is 1. The number of allylic oxidation sites excluding steroid dienone is 1. The molecule has 0 radical (unpaired) electrons. The minimum atomic E-state index is -0.176. The first-order valence-electron chi connectivity index (χ1n) is 13.8. The third kappa shape index (κ3) is 25.7. The summed E-state index contributed by atoms with van der Waals surface area (Å²) in [6, 6.07) is -0.176. The van der Waals surface area contributed by atoms with Crippen LogP contribution in [0.5, 0.6) is 0 Å². The van der Waals surface area contributed by atoms with E-state index in [0.717, 1.165) is 6.42 Å². The molecule has 1 unspecified atom stereocenters. The number of hydrogen-bond acceptors (Lipinski definition) is 2. The van der Waals surface area contributed by atoms with E-state index in [2.05, 4.69) is 13.0 Å². The SMILES string of the molecule is CCCCCCCCCCCCCCCCCCCCCCCC/C=C/C(N)CO. The first-order valence-corrected chi connectivity index (χ1v) is 13.8. The van der Waals surface area contributed by atoms with Gasteiger partial charge in [-0.05, 0) is 12.8 Å². The van der Waals surface area contributed by atoms with Gasteiger partial charge in [0.05, 0.1) is 6.61 Å². The van der Waals surface area contributed by atoms with E-state index in [-0.39, 0.29) is 12.6 Å². The van der Waals surface area contributed by atoms with Gasteiger partial charge in [-0.1, -0.05) is 154 Å². The van der Waals surface area contributed by atoms with E-state index in [0.29, 0.717) is 0 Å². The van der Waals surface area contributed by atoms with Crippen molar-refractivity contribution < 1.29 is 5.11 Å². The molecule has 0 bridgehead atoms. The highest BCUT2D eigenvalue weighted by atomic mass is 16.3. The number of unbranched alkanes of at least 4 members (excludes halogenated alkanes) is 22. The highest BCUT2D eigenvalue weighted by Crippen LogP contribution is 2.15. The highest BCUT2D eigenvalue weighted by Gasteiger charge is 1.96. The lowest BCUT2D eigenvalue weighted by Gasteiger charge is -2.04. The van der Waals surface area contributed by atoms with Crippen molar-refractivity contribution in [1.29, 1.82) is 0 Å². The summed E-state index contributed by atoms with van der Waals surface area (Å²) in [5.74, 6) is 0. The van der Waals surface area contributed by atoms with Gasteiger partial charge in [0.1, 0.15) is 0 Å². The molecule has 0 aliphatic rings. The van der Waals surface area contributed by atoms with Gasteiger partial charge in [-0.25, -0.2) is 0 Å². The minimum Gasteiger partial charge on any atom is -0.394 e. The maximum absolute atomic E-state index is 8.84. The summed E-state index contributed by atoms with van der Waals surface area (Å²) in [6.07, 6.45) is 36.7. The molecule has 3 N–H and O–H groups in total. The molecule has 0 fully saturated rings. The van der Waals surface area contributed by atoms with Crippen LogP contribution in [0.1, 0.15) is 155 Å². The standard InChI is InChI=1S/C28H57NO/c1-2-3-4-5-6-7-8-9-10-11-12-13-14-15-16-17-18-19-20-21-22-23-24-25-26-28(29)27-30/h25-26,28,30H,2-24,27,29H2,1H3/b26-25+. The van der Waals surface area contributed by atoms with E-state index in [1.54, 1.807) is 0 Å². The molecular formula is C28H57NO. The predicted molar refractivity (Wildman–Crippen MR) is 136 cm³/mol. The van der Waals surface area contributed by atoms with Crippen molar-refractivity contribution in [2.75, 3.05) is 6.61 Å². The van der Waals surface area contributed by atoms with Crippen molar-refractivity contribution in [2.45, 2.75) is 161 Å². The van der Waals surface area contributed by atoms with E-state index in [1.165, 1.54) is 141 Å². The second-order valence-electron chi connectivity index (χ2n) is 9.49. The van der Waals surface area contributed by atoms with Crippen LogP contribution in [0.2, 0.25) is 0 Å². The van der Waals surface area contributed by atoms with E-state index in [1.807, 2.05) is 6.08 Å². The molecule has 0 saturated carbocycles. The zero-order chi connectivity index (χ0) is 22.0. The van der Waals surface area contributed by atoms with Gasteiger partial charge in [-0.15, -0.1) is 0 Å². The third-order valence-electron chi connectivity index (χ3n) is 6.32. The molecule has 0 aromatic heterocycles. The monoisotopic (exact) mass is 423 g/mol. The lowest BCUT2D eigenvalue weighted by Crippen LogP contribution is -2.20. The van der Waals surface area contributed by atoms with Crippen molar-refractivity contribution in [3.8, 4) is 0 Å². The fraction of sp³-hybridized carbons (Fsp3) is 0.929. The molecule has 0 saturated heterocycles. The number of nitrogens with two attached hydrogens (primary N) is 1. The maximum atomic E-state index is 8.84. The molecule has 0 spiro atoms. The molecule has 2 heteroatoms. The molecule has 0 aliphatic carbocycles. The fourth-order valence-corrected chi connectivity index (χ4v) is 4.20. The summed E-state index contributed by atoms with van der Waals surface area (Å²) in [7, 11) is 0. The van der Waals surface area contributed by atoms with Crippen LogP contribution in [-0.2, 0) is 0 Å². The van der Waals surface area contributed by atoms with E-state index in [9.17, 15) is 0 Å². The Morgan fingerprint density at radius 2 is 0.833 bits per heavy atom. The van der Waals surface area contributed by atoms with E-state index < -0.39 is 0 Å². The van der Waals surface area contributed by atoms with Gasteiger partial charge in [0.2, 0.25) is 0 Å². The average molecular weight is 424 g/mol. The Balaban J connectivity index is 3.04. The zero-order valence-corrected chi connectivity index (χ0v) is 20.7. The molecule has 1 atom stereocenters. The second-order valence-corrected chi connectivity index (χ2v) is 9.49. The number of hydrogen-bond donors (Lipinski definition) is 2. The number of aliphatic hydroxyl groups excluding tert-OH is 1. The quantitative estimate of drug-likeness (QED) is 0.114. The van der Waals surface area contributed by atoms with Gasteiger partial charge in [-0.3, -0.25) is 0 Å². The van der Waals surface area contributed by atoms with E-state index >= 15 is 0 Å². The largest absolute Gasteiger partial charge is 0.394 e. The van der Waals surface area contributed by atoms with Crippen molar-refractivity contribution >= 4 is 0 Å². The number of rotatable bonds is 25. The Kier molecular flexibility index (Phi) is 26.4. The third-order valence-corrected chi connectivity index (χ3v) is 6.32. The Hall–Kier alpha value is -0.340. The highest BCUT2D eigenvalue weighted by molar-refractivity contribution is 4.90. The molecule has 0 aromatic rings. The van der Waals surface area contributed by atoms with Gasteiger partial charge in [0.25, 0.3) is 0 Å². The van der Waals surface area contributed by atoms with Crippen LogP contribution < -0.4 is 5.73 Å². The first kappa shape index (κ1) is 29.7. The van der Waals surface area contributed by atoms with Crippen molar-refractivity contribution in [2.24, 2.45) is 5.73 Å². The van der Waals surface area contributed by atoms with E-state index in [4.69, 9.17) is 10.8 Å². The molecule has 0 amide bonds. The lowest BCUT2D eigenvalue weighted by molar-refractivity contribution is 0.284. The Bertz CT molecular complexity index is 329. The molecule has 2 nitrogen and oxygen atoms in total. The zero-order valence-electron chi connectivity index (χ0n) is 20.7. The summed E-state index contributed by atoms with van der Waals surface area (Å²) in [4.78, 5) is 0. The van der Waals surface area contributed by atoms with Gasteiger partial charge < -0.3 is 10.8 Å². The summed E-state index contributed by atoms with van der Waals surface area (Å²) in [5.41, 5.74) is 5.63. The Morgan fingerprint density at radius 3 is 1.13 bits per heavy atom. The molecule has 0 rings (SSSR count). The van der Waals surface area contributed by atoms with Crippen LogP contribution in [0.25, 0.3) is 0 Å². The van der Waals surface area contributed by atoms with Crippen molar-refractivity contribution in [3.63, 3.8) is 0 Å². The van der Waals surface area contributed by atoms with Crippen LogP contribution in [0.4, 0.5) is 0 Å². The van der Waals surface area contributed by atoms with Crippen LogP contribution in [0.15, 0.2) is 12.2 Å². The first-order chi connectivity index (χ1) is 14.8. The topological polar surface area (TPSA) is 46.2 Å². The van der Waals surface area contributed by atoms with Crippen molar-refractivity contribution in [3.05, 3.63) is 12.2 Å². The molecule has 0 aromatic carbocycles.